The van der Waals surface area contributed by atoms with E-state index in [-0.39, 0.29) is 6.04 Å². The van der Waals surface area contributed by atoms with Gasteiger partial charge in [-0.05, 0) is 26.0 Å². The van der Waals surface area contributed by atoms with Crippen molar-refractivity contribution in [1.82, 2.24) is 15.0 Å². The van der Waals surface area contributed by atoms with Crippen LogP contribution in [-0.2, 0) is 0 Å². The molecule has 0 aliphatic rings. The fourth-order valence-corrected chi connectivity index (χ4v) is 0.867. The fraction of sp³-hybridized carbons (Fsp3) is 0.333. The molecule has 0 N–H and O–H groups in total. The summed E-state index contributed by atoms with van der Waals surface area (Å²) in [4.78, 5) is 1.66. The quantitative estimate of drug-likeness (QED) is 0.683. The van der Waals surface area contributed by atoms with Gasteiger partial charge in [0.2, 0.25) is 0 Å². The Kier molecular flexibility index (Phi) is 2.43. The van der Waals surface area contributed by atoms with E-state index in [9.17, 15) is 0 Å². The van der Waals surface area contributed by atoms with Crippen molar-refractivity contribution in [3.05, 3.63) is 24.5 Å². The van der Waals surface area contributed by atoms with Crippen molar-refractivity contribution in [1.29, 1.82) is 0 Å². The molecule has 0 aliphatic carbocycles. The Hall–Kier alpha value is -1.38. The maximum atomic E-state index is 4.22. The van der Waals surface area contributed by atoms with Gasteiger partial charge in [0.15, 0.2) is 0 Å². The van der Waals surface area contributed by atoms with Crippen molar-refractivity contribution < 1.29 is 0 Å². The first-order chi connectivity index (χ1) is 5.69. The van der Waals surface area contributed by atoms with E-state index in [4.69, 9.17) is 0 Å². The van der Waals surface area contributed by atoms with Crippen LogP contribution < -0.4 is 0 Å². The Labute approximate surface area is 72.4 Å². The molecule has 1 aromatic rings. The molecule has 0 amide bonds. The summed E-state index contributed by atoms with van der Waals surface area (Å²) in [6.07, 6.45) is 3.37. The highest BCUT2D eigenvalue weighted by Crippen LogP contribution is 2.08. The van der Waals surface area contributed by atoms with E-state index in [1.165, 1.54) is 0 Å². The summed E-state index contributed by atoms with van der Waals surface area (Å²) in [6, 6.07) is 0.275. The summed E-state index contributed by atoms with van der Waals surface area (Å²) in [5, 5.41) is 8.43. The second kappa shape index (κ2) is 3.34. The highest BCUT2D eigenvalue weighted by molar-refractivity contribution is 5.56. The van der Waals surface area contributed by atoms with E-state index in [2.05, 4.69) is 23.4 Å². The lowest BCUT2D eigenvalue weighted by molar-refractivity contribution is 0.465. The van der Waals surface area contributed by atoms with Gasteiger partial charge in [0.1, 0.15) is 11.4 Å². The van der Waals surface area contributed by atoms with Gasteiger partial charge in [-0.1, -0.05) is 13.2 Å². The molecule has 0 unspecified atom stereocenters. The Morgan fingerprint density at radius 1 is 1.17 bits per heavy atom. The van der Waals surface area contributed by atoms with Crippen molar-refractivity contribution in [3.63, 3.8) is 0 Å². The zero-order chi connectivity index (χ0) is 9.14. The highest BCUT2D eigenvalue weighted by atomic mass is 15.5. The van der Waals surface area contributed by atoms with Crippen LogP contribution >= 0.6 is 0 Å². The molecule has 0 spiro atoms. The SMILES string of the molecule is C=Cc1nn(C(C)C)nc1C=C. The van der Waals surface area contributed by atoms with Crippen molar-refractivity contribution in [2.75, 3.05) is 0 Å². The van der Waals surface area contributed by atoms with Crippen molar-refractivity contribution >= 4 is 12.2 Å². The normalized spacial score (nSPS) is 10.2. The summed E-state index contributed by atoms with van der Waals surface area (Å²) < 4.78 is 0. The lowest BCUT2D eigenvalue weighted by Gasteiger charge is -2.00. The molecule has 64 valence electrons. The van der Waals surface area contributed by atoms with Crippen LogP contribution in [0, 0.1) is 0 Å². The van der Waals surface area contributed by atoms with Crippen LogP contribution in [0.3, 0.4) is 0 Å². The molecular weight excluding hydrogens is 150 g/mol. The third-order valence-corrected chi connectivity index (χ3v) is 1.53. The van der Waals surface area contributed by atoms with Crippen molar-refractivity contribution in [3.8, 4) is 0 Å². The summed E-state index contributed by atoms with van der Waals surface area (Å²) in [5.41, 5.74) is 1.58. The topological polar surface area (TPSA) is 30.7 Å². The Bertz CT molecular complexity index is 271. The van der Waals surface area contributed by atoms with E-state index in [1.54, 1.807) is 16.9 Å². The predicted molar refractivity (Wildman–Crippen MR) is 50.6 cm³/mol. The van der Waals surface area contributed by atoms with Crippen LogP contribution in [0.5, 0.6) is 0 Å². The Morgan fingerprint density at radius 3 is 1.83 bits per heavy atom. The van der Waals surface area contributed by atoms with Gasteiger partial charge < -0.3 is 0 Å². The minimum atomic E-state index is 0.275. The maximum absolute atomic E-state index is 4.22. The number of aromatic nitrogens is 3. The molecule has 1 aromatic heterocycles. The molecule has 0 saturated heterocycles. The van der Waals surface area contributed by atoms with Crippen LogP contribution in [-0.4, -0.2) is 15.0 Å². The first-order valence-corrected chi connectivity index (χ1v) is 3.90. The zero-order valence-corrected chi connectivity index (χ0v) is 7.49. The fourth-order valence-electron chi connectivity index (χ4n) is 0.867. The molecule has 1 rings (SSSR count). The first-order valence-electron chi connectivity index (χ1n) is 3.90. The number of rotatable bonds is 3. The van der Waals surface area contributed by atoms with Gasteiger partial charge in [0, 0.05) is 0 Å². The molecule has 3 nitrogen and oxygen atoms in total. The third kappa shape index (κ3) is 1.44. The van der Waals surface area contributed by atoms with Crippen LogP contribution in [0.2, 0.25) is 0 Å². The lowest BCUT2D eigenvalue weighted by atomic mass is 10.3. The third-order valence-electron chi connectivity index (χ3n) is 1.53. The van der Waals surface area contributed by atoms with E-state index in [0.29, 0.717) is 0 Å². The Morgan fingerprint density at radius 2 is 1.58 bits per heavy atom. The monoisotopic (exact) mass is 163 g/mol. The second-order valence-corrected chi connectivity index (χ2v) is 2.79. The van der Waals surface area contributed by atoms with Crippen molar-refractivity contribution in [2.24, 2.45) is 0 Å². The van der Waals surface area contributed by atoms with Crippen LogP contribution in [0.4, 0.5) is 0 Å². The lowest BCUT2D eigenvalue weighted by Crippen LogP contribution is -2.04. The van der Waals surface area contributed by atoms with Gasteiger partial charge in [0.05, 0.1) is 6.04 Å². The van der Waals surface area contributed by atoms with E-state index in [1.807, 2.05) is 13.8 Å². The molecule has 0 aliphatic heterocycles. The van der Waals surface area contributed by atoms with Crippen LogP contribution in [0.15, 0.2) is 13.2 Å². The average molecular weight is 163 g/mol. The molecule has 0 fully saturated rings. The molecule has 12 heavy (non-hydrogen) atoms. The van der Waals surface area contributed by atoms with Gasteiger partial charge in [-0.25, -0.2) is 0 Å². The standard InChI is InChI=1S/C9H13N3/c1-5-8-9(6-2)11-12(10-8)7(3)4/h5-7H,1-2H2,3-4H3. The first kappa shape index (κ1) is 8.71. The van der Waals surface area contributed by atoms with E-state index in [0.717, 1.165) is 11.4 Å². The van der Waals surface area contributed by atoms with Gasteiger partial charge >= 0.3 is 0 Å². The molecule has 0 bridgehead atoms. The number of hydrogen-bond donors (Lipinski definition) is 0. The number of hydrogen-bond acceptors (Lipinski definition) is 2. The molecule has 0 aromatic carbocycles. The molecule has 0 atom stereocenters. The summed E-state index contributed by atoms with van der Waals surface area (Å²) in [5.74, 6) is 0. The maximum Gasteiger partial charge on any atom is 0.112 e. The average Bonchev–Trinajstić information content (AvgIpc) is 2.46. The largest absolute Gasteiger partial charge is 0.181 e. The highest BCUT2D eigenvalue weighted by Gasteiger charge is 2.06. The van der Waals surface area contributed by atoms with Crippen LogP contribution in [0.25, 0.3) is 12.2 Å². The van der Waals surface area contributed by atoms with E-state index < -0.39 is 0 Å². The summed E-state index contributed by atoms with van der Waals surface area (Å²) >= 11 is 0. The summed E-state index contributed by atoms with van der Waals surface area (Å²) in [6.45, 7) is 11.4. The molecule has 0 saturated carbocycles. The smallest absolute Gasteiger partial charge is 0.112 e. The van der Waals surface area contributed by atoms with Crippen molar-refractivity contribution in [2.45, 2.75) is 19.9 Å². The summed E-state index contributed by atoms with van der Waals surface area (Å²) in [7, 11) is 0. The van der Waals surface area contributed by atoms with Gasteiger partial charge in [-0.15, -0.1) is 0 Å². The number of nitrogens with zero attached hydrogens (tertiary/aromatic N) is 3. The van der Waals surface area contributed by atoms with Gasteiger partial charge in [0.25, 0.3) is 0 Å². The minimum absolute atomic E-state index is 0.275. The minimum Gasteiger partial charge on any atom is -0.181 e. The van der Waals surface area contributed by atoms with Gasteiger partial charge in [-0.2, -0.15) is 15.0 Å². The van der Waals surface area contributed by atoms with E-state index >= 15 is 0 Å². The molecule has 0 radical (unpaired) electrons. The molecule has 3 heteroatoms. The molecular formula is C9H13N3. The molecule has 1 heterocycles. The van der Waals surface area contributed by atoms with Gasteiger partial charge in [-0.3, -0.25) is 0 Å². The predicted octanol–water partition coefficient (Wildman–Crippen LogP) is 2.15. The second-order valence-electron chi connectivity index (χ2n) is 2.79. The zero-order valence-electron chi connectivity index (χ0n) is 7.49. The Balaban J connectivity index is 3.13. The van der Waals surface area contributed by atoms with Crippen LogP contribution in [0.1, 0.15) is 31.3 Å².